The Morgan fingerprint density at radius 2 is 1.85 bits per heavy atom. The summed E-state index contributed by atoms with van der Waals surface area (Å²) in [6.45, 7) is 15.1. The van der Waals surface area contributed by atoms with Gasteiger partial charge >= 0.3 is 0 Å². The van der Waals surface area contributed by atoms with E-state index >= 15 is 0 Å². The summed E-state index contributed by atoms with van der Waals surface area (Å²) < 4.78 is 64.1. The van der Waals surface area contributed by atoms with Crippen molar-refractivity contribution in [1.82, 2.24) is 15.3 Å². The molecule has 302 valence electrons. The lowest BCUT2D eigenvalue weighted by Crippen LogP contribution is -2.41. The Morgan fingerprint density at radius 3 is 2.41 bits per heavy atom. The van der Waals surface area contributed by atoms with E-state index in [9.17, 15) is 17.6 Å². The summed E-state index contributed by atoms with van der Waals surface area (Å²) in [6.07, 6.45) is 2.30. The average molecular weight is 783 g/mol. The lowest BCUT2D eigenvalue weighted by atomic mass is 9.71. The van der Waals surface area contributed by atoms with Crippen LogP contribution in [0.4, 0.5) is 23.2 Å². The van der Waals surface area contributed by atoms with Crippen LogP contribution in [0.1, 0.15) is 112 Å². The van der Waals surface area contributed by atoms with E-state index in [1.54, 1.807) is 26.4 Å². The first-order valence-electron chi connectivity index (χ1n) is 18.4. The molecule has 0 radical (unpaired) electrons. The normalized spacial score (nSPS) is 16.3. The Balaban J connectivity index is 0.000000516. The van der Waals surface area contributed by atoms with Crippen molar-refractivity contribution in [2.75, 3.05) is 46.3 Å². The molecule has 0 spiro atoms. The van der Waals surface area contributed by atoms with Gasteiger partial charge < -0.3 is 26.3 Å². The van der Waals surface area contributed by atoms with Crippen molar-refractivity contribution >= 4 is 29.9 Å². The minimum Gasteiger partial charge on any atom is -0.490 e. The summed E-state index contributed by atoms with van der Waals surface area (Å²) in [5.74, 6) is -2.16. The Labute approximate surface area is 323 Å². The van der Waals surface area contributed by atoms with Crippen molar-refractivity contribution in [3.05, 3.63) is 69.1 Å². The highest BCUT2D eigenvalue weighted by Gasteiger charge is 2.49. The minimum atomic E-state index is -2.60. The number of aromatic nitrogens is 2. The number of methoxy groups -OCH3 is 1. The number of rotatable bonds is 12. The number of hydrogen-bond acceptors (Lipinski definition) is 8. The number of nitrogens with one attached hydrogen (secondary N) is 1. The number of pyridine rings is 2. The molecule has 3 heterocycles. The van der Waals surface area contributed by atoms with E-state index in [1.807, 2.05) is 59.7 Å². The van der Waals surface area contributed by atoms with Gasteiger partial charge in [-0.25, -0.2) is 18.2 Å². The first kappa shape index (κ1) is 48.2. The van der Waals surface area contributed by atoms with Crippen LogP contribution in [0, 0.1) is 12.8 Å². The van der Waals surface area contributed by atoms with Crippen molar-refractivity contribution in [3.8, 4) is 17.0 Å². The number of benzene rings is 1. The fraction of sp³-hybridized carbons (Fsp3) is 0.550. The molecule has 1 aliphatic carbocycles. The minimum absolute atomic E-state index is 0.138. The molecule has 1 fully saturated rings. The number of anilines is 1. The second-order valence-corrected chi connectivity index (χ2v) is 12.8. The van der Waals surface area contributed by atoms with Gasteiger partial charge in [0.1, 0.15) is 17.6 Å². The smallest absolute Gasteiger partial charge is 0.248 e. The fourth-order valence-electron chi connectivity index (χ4n) is 5.98. The molecule has 0 bridgehead atoms. The molecule has 3 unspecified atom stereocenters. The number of fused-ring (bicyclic) bond motifs is 1. The molecule has 1 amide bonds. The molecule has 5 rings (SSSR count). The Kier molecular flexibility index (Phi) is 21.9. The summed E-state index contributed by atoms with van der Waals surface area (Å²) >= 11 is 6.50. The predicted octanol–water partition coefficient (Wildman–Crippen LogP) is 9.33. The number of primary amides is 1. The molecule has 2 aliphatic rings. The van der Waals surface area contributed by atoms with Gasteiger partial charge in [0, 0.05) is 85.4 Å². The van der Waals surface area contributed by atoms with Crippen molar-refractivity contribution in [2.45, 2.75) is 98.3 Å². The number of halogens is 5. The maximum atomic E-state index is 14.0. The molecule has 5 N–H and O–H groups in total. The van der Waals surface area contributed by atoms with Gasteiger partial charge in [0.2, 0.25) is 12.3 Å². The molecular weight excluding hydrogens is 724 g/mol. The molecule has 3 atom stereocenters. The van der Waals surface area contributed by atoms with Crippen LogP contribution in [0.25, 0.3) is 11.3 Å². The van der Waals surface area contributed by atoms with Gasteiger partial charge in [-0.3, -0.25) is 19.2 Å². The lowest BCUT2D eigenvalue weighted by Gasteiger charge is -2.40. The van der Waals surface area contributed by atoms with Crippen molar-refractivity contribution < 1.29 is 31.8 Å². The van der Waals surface area contributed by atoms with E-state index in [-0.39, 0.29) is 54.4 Å². The SMILES string of the molecule is CC.CC.CNCC(c1cc2c(c(-c3ccnc(C(C)F)c3Cl)n1)OCC2C)C1CC(F)(F)C1.COCc1cc(C)c(N)c(C=NCCCF)c1.NC=O. The Morgan fingerprint density at radius 1 is 1.20 bits per heavy atom. The first-order valence-corrected chi connectivity index (χ1v) is 18.8. The highest BCUT2D eigenvalue weighted by atomic mass is 35.5. The van der Waals surface area contributed by atoms with Crippen LogP contribution in [0.2, 0.25) is 5.02 Å². The zero-order valence-electron chi connectivity index (χ0n) is 33.1. The van der Waals surface area contributed by atoms with Crippen LogP contribution in [0.5, 0.6) is 5.75 Å². The van der Waals surface area contributed by atoms with Crippen molar-refractivity contribution in [3.63, 3.8) is 0 Å². The number of aliphatic imine (C=N–C) groups is 1. The summed E-state index contributed by atoms with van der Waals surface area (Å²) in [5.41, 5.74) is 16.7. The van der Waals surface area contributed by atoms with Crippen LogP contribution >= 0.6 is 11.6 Å². The van der Waals surface area contributed by atoms with Gasteiger partial charge in [-0.05, 0) is 62.6 Å². The molecule has 9 nitrogen and oxygen atoms in total. The number of carbonyl (C=O) groups is 1. The zero-order valence-corrected chi connectivity index (χ0v) is 33.9. The van der Waals surface area contributed by atoms with Crippen LogP contribution in [0.15, 0.2) is 35.5 Å². The second-order valence-electron chi connectivity index (χ2n) is 12.5. The van der Waals surface area contributed by atoms with Crippen LogP contribution < -0.4 is 21.5 Å². The lowest BCUT2D eigenvalue weighted by molar-refractivity contribution is -0.117. The van der Waals surface area contributed by atoms with E-state index in [4.69, 9.17) is 36.6 Å². The summed E-state index contributed by atoms with van der Waals surface area (Å²) in [4.78, 5) is 21.6. The van der Waals surface area contributed by atoms with Gasteiger partial charge in [0.25, 0.3) is 0 Å². The van der Waals surface area contributed by atoms with E-state index in [0.717, 1.165) is 27.9 Å². The predicted molar refractivity (Wildman–Crippen MR) is 213 cm³/mol. The molecule has 1 saturated carbocycles. The number of ether oxygens (including phenoxy) is 2. The maximum absolute atomic E-state index is 14.0. The largest absolute Gasteiger partial charge is 0.490 e. The maximum Gasteiger partial charge on any atom is 0.248 e. The molecule has 0 saturated heterocycles. The number of aryl methyl sites for hydroxylation is 1. The third-order valence-electron chi connectivity index (χ3n) is 8.51. The van der Waals surface area contributed by atoms with Crippen molar-refractivity contribution in [1.29, 1.82) is 0 Å². The topological polar surface area (TPSA) is 138 Å². The highest BCUT2D eigenvalue weighted by Crippen LogP contribution is 2.51. The molecule has 14 heteroatoms. The van der Waals surface area contributed by atoms with Gasteiger partial charge in [0.05, 0.1) is 30.6 Å². The number of likely N-dealkylation sites (N-methyl/N-ethyl adjacent to an activating group) is 1. The zero-order chi connectivity index (χ0) is 41.0. The van der Waals surface area contributed by atoms with E-state index in [0.29, 0.717) is 55.4 Å². The Hall–Kier alpha value is -3.81. The van der Waals surface area contributed by atoms with E-state index in [1.165, 1.54) is 13.1 Å². The molecular formula is C40H59ClF4N6O3. The standard InChI is InChI=1S/C22H25ClF3N3O.C13H19FN2O.2C2H6.CH3NO/c1-11-10-30-21-15(11)6-17(16(9-27-3)13-7-22(25,26)8-13)29-20(21)14-4-5-28-19(12(2)24)18(14)23;1-10-6-11(9-17-2)7-12(13(10)15)8-16-5-3-4-14;2*1-2;2-1-3/h4-6,11-13,16,27H,7-10H2,1-3H3;6-8H,3-5,9,15H2,1-2H3;2*1-2H3;1H,(H2,2,3). The first-order chi connectivity index (χ1) is 25.8. The van der Waals surface area contributed by atoms with E-state index in [2.05, 4.69) is 21.0 Å². The summed E-state index contributed by atoms with van der Waals surface area (Å²) in [6, 6.07) is 7.61. The third-order valence-corrected chi connectivity index (χ3v) is 8.91. The Bertz CT molecular complexity index is 1600. The number of alkyl halides is 4. The molecule has 2 aromatic heterocycles. The van der Waals surface area contributed by atoms with Gasteiger partial charge in [0.15, 0.2) is 0 Å². The number of nitrogen functional groups attached to an aromatic ring is 1. The van der Waals surface area contributed by atoms with Gasteiger partial charge in [-0.15, -0.1) is 0 Å². The van der Waals surface area contributed by atoms with Crippen LogP contribution in [-0.4, -0.2) is 69.0 Å². The number of amides is 1. The number of carbonyl (C=O) groups excluding carboxylic acids is 1. The van der Waals surface area contributed by atoms with Crippen LogP contribution in [-0.2, 0) is 16.1 Å². The fourth-order valence-corrected chi connectivity index (χ4v) is 6.33. The summed E-state index contributed by atoms with van der Waals surface area (Å²) in [7, 11) is 3.46. The number of nitrogens with two attached hydrogens (primary N) is 2. The van der Waals surface area contributed by atoms with Crippen LogP contribution in [0.3, 0.4) is 0 Å². The monoisotopic (exact) mass is 782 g/mol. The third kappa shape index (κ3) is 13.5. The van der Waals surface area contributed by atoms with Crippen molar-refractivity contribution in [2.24, 2.45) is 16.6 Å². The molecule has 1 aromatic carbocycles. The van der Waals surface area contributed by atoms with Gasteiger partial charge in [-0.1, -0.05) is 52.3 Å². The second kappa shape index (κ2) is 24.6. The van der Waals surface area contributed by atoms with Gasteiger partial charge in [-0.2, -0.15) is 0 Å². The molecule has 3 aromatic rings. The quantitative estimate of drug-likeness (QED) is 0.0548. The highest BCUT2D eigenvalue weighted by molar-refractivity contribution is 6.34. The molecule has 1 aliphatic heterocycles. The number of nitrogens with zero attached hydrogens (tertiary/aromatic N) is 3. The van der Waals surface area contributed by atoms with E-state index < -0.39 is 12.1 Å². The summed E-state index contributed by atoms with van der Waals surface area (Å²) in [5, 5.41) is 3.31. The molecule has 54 heavy (non-hydrogen) atoms. The average Bonchev–Trinajstić information content (AvgIpc) is 3.52. The number of hydrogen-bond donors (Lipinski definition) is 3.